The number of amides is 2. The van der Waals surface area contributed by atoms with Crippen LogP contribution in [0.2, 0.25) is 0 Å². The summed E-state index contributed by atoms with van der Waals surface area (Å²) < 4.78 is 18.6. The van der Waals surface area contributed by atoms with Crippen molar-refractivity contribution >= 4 is 17.5 Å². The molecule has 2 N–H and O–H groups in total. The van der Waals surface area contributed by atoms with Crippen molar-refractivity contribution in [2.75, 3.05) is 50.8 Å². The number of carbonyl (C=O) groups excluding carboxylic acids is 2. The predicted molar refractivity (Wildman–Crippen MR) is 102 cm³/mol. The van der Waals surface area contributed by atoms with Gasteiger partial charge in [-0.3, -0.25) is 9.59 Å². The van der Waals surface area contributed by atoms with Gasteiger partial charge in [-0.25, -0.2) is 9.29 Å². The highest BCUT2D eigenvalue weighted by Gasteiger charge is 2.46. The smallest absolute Gasteiger partial charge is 0.292 e. The number of imide groups is 1. The molecule has 0 saturated carbocycles. The van der Waals surface area contributed by atoms with Crippen molar-refractivity contribution in [3.05, 3.63) is 30.1 Å². The second kappa shape index (κ2) is 8.68. The fourth-order valence-corrected chi connectivity index (χ4v) is 4.82. The molecule has 2 amide bonds. The second-order valence-electron chi connectivity index (χ2n) is 8.30. The SMILES string of the molecule is O=C1C[C@H]([NH+]2CCC(CC[NH+]3CCOCC3)CC2)C(=O)N1c1ccc(F)cc1. The molecule has 3 heterocycles. The van der Waals surface area contributed by atoms with Crippen molar-refractivity contribution < 1.29 is 28.5 Å². The minimum absolute atomic E-state index is 0.136. The van der Waals surface area contributed by atoms with Gasteiger partial charge in [-0.1, -0.05) is 0 Å². The number of morpholine rings is 1. The Balaban J connectivity index is 1.29. The zero-order chi connectivity index (χ0) is 19.5. The van der Waals surface area contributed by atoms with Gasteiger partial charge in [0.15, 0.2) is 6.04 Å². The summed E-state index contributed by atoms with van der Waals surface area (Å²) >= 11 is 0. The Hall–Kier alpha value is -1.83. The van der Waals surface area contributed by atoms with Crippen LogP contribution in [0.4, 0.5) is 10.1 Å². The highest BCUT2D eigenvalue weighted by molar-refractivity contribution is 6.21. The van der Waals surface area contributed by atoms with Gasteiger partial charge in [0.25, 0.3) is 5.91 Å². The first-order chi connectivity index (χ1) is 13.6. The Morgan fingerprint density at radius 3 is 2.39 bits per heavy atom. The monoisotopic (exact) mass is 391 g/mol. The first kappa shape index (κ1) is 19.5. The van der Waals surface area contributed by atoms with E-state index in [9.17, 15) is 14.0 Å². The van der Waals surface area contributed by atoms with E-state index in [1.807, 2.05) is 0 Å². The van der Waals surface area contributed by atoms with Crippen LogP contribution in [0.3, 0.4) is 0 Å². The second-order valence-corrected chi connectivity index (χ2v) is 8.30. The molecule has 1 aromatic rings. The van der Waals surface area contributed by atoms with Gasteiger partial charge in [0, 0.05) is 0 Å². The number of anilines is 1. The lowest BCUT2D eigenvalue weighted by molar-refractivity contribution is -0.922. The van der Waals surface area contributed by atoms with Gasteiger partial charge < -0.3 is 14.5 Å². The van der Waals surface area contributed by atoms with Crippen LogP contribution in [0.25, 0.3) is 0 Å². The van der Waals surface area contributed by atoms with Crippen molar-refractivity contribution in [1.82, 2.24) is 0 Å². The van der Waals surface area contributed by atoms with Crippen molar-refractivity contribution in [3.63, 3.8) is 0 Å². The van der Waals surface area contributed by atoms with Crippen LogP contribution in [0.1, 0.15) is 25.7 Å². The topological polar surface area (TPSA) is 55.5 Å². The van der Waals surface area contributed by atoms with Crippen LogP contribution >= 0.6 is 0 Å². The van der Waals surface area contributed by atoms with Gasteiger partial charge in [0.2, 0.25) is 5.91 Å². The van der Waals surface area contributed by atoms with Crippen LogP contribution in [-0.4, -0.2) is 63.8 Å². The Bertz CT molecular complexity index is 697. The molecular weight excluding hydrogens is 361 g/mol. The fraction of sp³-hybridized carbons (Fsp3) is 0.619. The summed E-state index contributed by atoms with van der Waals surface area (Å²) in [6.07, 6.45) is 3.73. The maximum absolute atomic E-state index is 13.2. The number of quaternary nitrogens is 2. The van der Waals surface area contributed by atoms with E-state index in [-0.39, 0.29) is 30.1 Å². The average molecular weight is 391 g/mol. The van der Waals surface area contributed by atoms with Gasteiger partial charge in [-0.2, -0.15) is 0 Å². The number of nitrogens with one attached hydrogen (secondary N) is 2. The number of halogens is 1. The number of hydrogen-bond acceptors (Lipinski definition) is 3. The minimum atomic E-state index is -0.369. The van der Waals surface area contributed by atoms with E-state index in [0.29, 0.717) is 5.69 Å². The molecule has 3 saturated heterocycles. The summed E-state index contributed by atoms with van der Waals surface area (Å²) in [6.45, 7) is 7.08. The maximum Gasteiger partial charge on any atom is 0.292 e. The largest absolute Gasteiger partial charge is 0.370 e. The standard InChI is InChI=1S/C21H28FN3O3/c22-17-1-3-18(4-2-17)25-20(26)15-19(21(25)27)24-9-6-16(7-10-24)5-8-23-11-13-28-14-12-23/h1-4,16,19H,5-15H2/p+2/t19-/m0/s1. The van der Waals surface area contributed by atoms with Gasteiger partial charge in [-0.05, 0) is 49.4 Å². The quantitative estimate of drug-likeness (QED) is 0.637. The van der Waals surface area contributed by atoms with E-state index in [0.717, 1.165) is 58.2 Å². The molecule has 28 heavy (non-hydrogen) atoms. The molecule has 3 aliphatic rings. The van der Waals surface area contributed by atoms with Crippen molar-refractivity contribution in [1.29, 1.82) is 0 Å². The number of rotatable bonds is 5. The molecule has 0 radical (unpaired) electrons. The van der Waals surface area contributed by atoms with E-state index < -0.39 is 0 Å². The maximum atomic E-state index is 13.2. The molecule has 1 aromatic carbocycles. The molecule has 4 rings (SSSR count). The molecule has 3 fully saturated rings. The summed E-state index contributed by atoms with van der Waals surface area (Å²) in [5, 5.41) is 0. The van der Waals surface area contributed by atoms with E-state index in [1.165, 1.54) is 47.0 Å². The summed E-state index contributed by atoms with van der Waals surface area (Å²) in [5.74, 6) is 0.0421. The number of likely N-dealkylation sites (tertiary alicyclic amines) is 1. The summed E-state index contributed by atoms with van der Waals surface area (Å²) in [6, 6.07) is 5.30. The highest BCUT2D eigenvalue weighted by Crippen LogP contribution is 2.23. The molecule has 0 aliphatic carbocycles. The molecule has 3 aliphatic heterocycles. The molecule has 0 aromatic heterocycles. The first-order valence-electron chi connectivity index (χ1n) is 10.5. The molecule has 0 spiro atoms. The zero-order valence-corrected chi connectivity index (χ0v) is 16.3. The first-order valence-corrected chi connectivity index (χ1v) is 10.5. The summed E-state index contributed by atoms with van der Waals surface area (Å²) in [4.78, 5) is 29.5. The van der Waals surface area contributed by atoms with Gasteiger partial charge in [0.05, 0.1) is 45.0 Å². The zero-order valence-electron chi connectivity index (χ0n) is 16.3. The van der Waals surface area contributed by atoms with Crippen LogP contribution in [0.15, 0.2) is 24.3 Å². The molecule has 0 bridgehead atoms. The third kappa shape index (κ3) is 4.26. The Labute approximate surface area is 165 Å². The lowest BCUT2D eigenvalue weighted by Gasteiger charge is -2.33. The number of ether oxygens (including phenoxy) is 1. The Morgan fingerprint density at radius 2 is 1.71 bits per heavy atom. The van der Waals surface area contributed by atoms with Gasteiger partial charge in [-0.15, -0.1) is 0 Å². The van der Waals surface area contributed by atoms with Crippen LogP contribution < -0.4 is 14.7 Å². The fourth-order valence-electron chi connectivity index (χ4n) is 4.82. The Morgan fingerprint density at radius 1 is 1.04 bits per heavy atom. The minimum Gasteiger partial charge on any atom is -0.370 e. The number of nitrogens with zero attached hydrogens (tertiary/aromatic N) is 1. The number of piperidine rings is 1. The predicted octanol–water partition coefficient (Wildman–Crippen LogP) is -0.942. The number of benzene rings is 1. The van der Waals surface area contributed by atoms with Gasteiger partial charge >= 0.3 is 0 Å². The molecule has 0 unspecified atom stereocenters. The molecule has 1 atom stereocenters. The van der Waals surface area contributed by atoms with E-state index in [1.54, 1.807) is 4.90 Å². The highest BCUT2D eigenvalue weighted by atomic mass is 19.1. The lowest BCUT2D eigenvalue weighted by atomic mass is 9.92. The van der Waals surface area contributed by atoms with Crippen molar-refractivity contribution in [2.24, 2.45) is 5.92 Å². The van der Waals surface area contributed by atoms with Crippen LogP contribution in [0.5, 0.6) is 0 Å². The molecular formula is C21H30FN3O3+2. The summed E-state index contributed by atoms with van der Waals surface area (Å²) in [7, 11) is 0. The van der Waals surface area contributed by atoms with Crippen molar-refractivity contribution in [2.45, 2.75) is 31.7 Å². The Kier molecular flexibility index (Phi) is 6.04. The third-order valence-corrected chi connectivity index (χ3v) is 6.58. The van der Waals surface area contributed by atoms with Crippen molar-refractivity contribution in [3.8, 4) is 0 Å². The van der Waals surface area contributed by atoms with E-state index >= 15 is 0 Å². The molecule has 7 heteroatoms. The number of carbonyl (C=O) groups is 2. The van der Waals surface area contributed by atoms with Crippen LogP contribution in [0, 0.1) is 11.7 Å². The average Bonchev–Trinajstić information content (AvgIpc) is 3.02. The van der Waals surface area contributed by atoms with Gasteiger partial charge in [0.1, 0.15) is 18.9 Å². The lowest BCUT2D eigenvalue weighted by Crippen LogP contribution is -3.17. The third-order valence-electron chi connectivity index (χ3n) is 6.58. The van der Waals surface area contributed by atoms with Crippen LogP contribution in [-0.2, 0) is 14.3 Å². The van der Waals surface area contributed by atoms with E-state index in [2.05, 4.69) is 0 Å². The van der Waals surface area contributed by atoms with E-state index in [4.69, 9.17) is 4.74 Å². The molecule has 152 valence electrons. The molecule has 6 nitrogen and oxygen atoms in total. The number of hydrogen-bond donors (Lipinski definition) is 2. The normalized spacial score (nSPS) is 29.5. The summed E-state index contributed by atoms with van der Waals surface area (Å²) in [5.41, 5.74) is 0.474.